The lowest BCUT2D eigenvalue weighted by atomic mass is 10.0. The first-order valence-electron chi connectivity index (χ1n) is 6.72. The molecule has 24 heavy (non-hydrogen) atoms. The van der Waals surface area contributed by atoms with Gasteiger partial charge in [0.05, 0.1) is 0 Å². The number of hydrogen-bond donors (Lipinski definition) is 0. The fourth-order valence-corrected chi connectivity index (χ4v) is 1.86. The molecule has 0 spiro atoms. The fraction of sp³-hybridized carbons (Fsp3) is 0. The molecule has 0 aliphatic heterocycles. The first-order valence-corrected chi connectivity index (χ1v) is 6.72. The van der Waals surface area contributed by atoms with E-state index in [1.54, 1.807) is 0 Å². The van der Waals surface area contributed by atoms with E-state index in [-0.39, 0.29) is 17.1 Å². The van der Waals surface area contributed by atoms with Crippen molar-refractivity contribution < 1.29 is 27.8 Å². The van der Waals surface area contributed by atoms with Crippen LogP contribution in [0.5, 0.6) is 11.5 Å². The molecule has 0 fully saturated rings. The monoisotopic (exact) mass is 330 g/mol. The van der Waals surface area contributed by atoms with E-state index in [0.717, 1.165) is 30.4 Å². The standard InChI is InChI=1S/C18H12F2O4/c1-3-17(21)23-14-8-12(7-13(19)10-14)11-5-6-16(15(20)9-11)24-18(22)4-2/h3-10H,1-2H2. The van der Waals surface area contributed by atoms with E-state index in [9.17, 15) is 18.4 Å². The van der Waals surface area contributed by atoms with Crippen LogP contribution in [0.3, 0.4) is 0 Å². The van der Waals surface area contributed by atoms with Crippen LogP contribution in [0.4, 0.5) is 8.78 Å². The molecule has 6 heteroatoms. The minimum Gasteiger partial charge on any atom is -0.423 e. The quantitative estimate of drug-likeness (QED) is 0.475. The third-order valence-electron chi connectivity index (χ3n) is 2.90. The Bertz CT molecular complexity index is 828. The van der Waals surface area contributed by atoms with Crippen LogP contribution in [-0.2, 0) is 9.59 Å². The van der Waals surface area contributed by atoms with Crippen molar-refractivity contribution in [3.63, 3.8) is 0 Å². The van der Waals surface area contributed by atoms with Crippen molar-refractivity contribution in [2.45, 2.75) is 0 Å². The molecule has 0 atom stereocenters. The number of carbonyl (C=O) groups is 2. The lowest BCUT2D eigenvalue weighted by molar-refractivity contribution is -0.130. The average Bonchev–Trinajstić information content (AvgIpc) is 2.55. The molecule has 0 radical (unpaired) electrons. The summed E-state index contributed by atoms with van der Waals surface area (Å²) in [4.78, 5) is 22.3. The Kier molecular flexibility index (Phi) is 5.21. The molecule has 0 aliphatic rings. The minimum atomic E-state index is -0.809. The summed E-state index contributed by atoms with van der Waals surface area (Å²) >= 11 is 0. The van der Waals surface area contributed by atoms with Crippen molar-refractivity contribution in [1.29, 1.82) is 0 Å². The van der Waals surface area contributed by atoms with E-state index in [4.69, 9.17) is 9.47 Å². The summed E-state index contributed by atoms with van der Waals surface area (Å²) in [5.74, 6) is -3.34. The van der Waals surface area contributed by atoms with Gasteiger partial charge in [-0.05, 0) is 35.4 Å². The van der Waals surface area contributed by atoms with E-state index in [1.807, 2.05) is 0 Å². The van der Waals surface area contributed by atoms with Crippen molar-refractivity contribution >= 4 is 11.9 Å². The van der Waals surface area contributed by atoms with E-state index in [1.165, 1.54) is 18.2 Å². The van der Waals surface area contributed by atoms with Crippen LogP contribution in [0, 0.1) is 11.6 Å². The van der Waals surface area contributed by atoms with Gasteiger partial charge < -0.3 is 9.47 Å². The molecule has 0 saturated carbocycles. The van der Waals surface area contributed by atoms with Crippen LogP contribution < -0.4 is 9.47 Å². The minimum absolute atomic E-state index is 0.0440. The Morgan fingerprint density at radius 2 is 1.54 bits per heavy atom. The van der Waals surface area contributed by atoms with Gasteiger partial charge in [0.15, 0.2) is 11.6 Å². The predicted octanol–water partition coefficient (Wildman–Crippen LogP) is 3.81. The number of hydrogen-bond acceptors (Lipinski definition) is 4. The Balaban J connectivity index is 2.36. The molecule has 0 amide bonds. The molecule has 4 nitrogen and oxygen atoms in total. The topological polar surface area (TPSA) is 52.6 Å². The van der Waals surface area contributed by atoms with Crippen LogP contribution in [0.1, 0.15) is 0 Å². The Hall–Kier alpha value is -3.28. The number of esters is 2. The molecular formula is C18H12F2O4. The van der Waals surface area contributed by atoms with Gasteiger partial charge in [-0.1, -0.05) is 19.2 Å². The molecular weight excluding hydrogens is 318 g/mol. The van der Waals surface area contributed by atoms with Gasteiger partial charge in [0.1, 0.15) is 11.6 Å². The summed E-state index contributed by atoms with van der Waals surface area (Å²) in [7, 11) is 0. The second kappa shape index (κ2) is 7.32. The van der Waals surface area contributed by atoms with Gasteiger partial charge >= 0.3 is 11.9 Å². The van der Waals surface area contributed by atoms with E-state index >= 15 is 0 Å². The summed E-state index contributed by atoms with van der Waals surface area (Å²) in [5, 5.41) is 0. The third kappa shape index (κ3) is 4.13. The second-order valence-corrected chi connectivity index (χ2v) is 4.57. The lowest BCUT2D eigenvalue weighted by Gasteiger charge is -2.08. The highest BCUT2D eigenvalue weighted by Crippen LogP contribution is 2.29. The first kappa shape index (κ1) is 17.1. The van der Waals surface area contributed by atoms with Crippen molar-refractivity contribution in [2.24, 2.45) is 0 Å². The molecule has 0 bridgehead atoms. The van der Waals surface area contributed by atoms with E-state index in [0.29, 0.717) is 5.56 Å². The van der Waals surface area contributed by atoms with Crippen molar-refractivity contribution in [2.75, 3.05) is 0 Å². The molecule has 0 saturated heterocycles. The maximum Gasteiger partial charge on any atom is 0.335 e. The summed E-state index contributed by atoms with van der Waals surface area (Å²) in [6.07, 6.45) is 1.84. The maximum absolute atomic E-state index is 14.0. The van der Waals surface area contributed by atoms with Crippen molar-refractivity contribution in [1.82, 2.24) is 0 Å². The lowest BCUT2D eigenvalue weighted by Crippen LogP contribution is -2.05. The molecule has 2 rings (SSSR count). The molecule has 0 heterocycles. The summed E-state index contributed by atoms with van der Waals surface area (Å²) < 4.78 is 37.2. The molecule has 0 aromatic heterocycles. The van der Waals surface area contributed by atoms with Crippen LogP contribution in [0.25, 0.3) is 11.1 Å². The van der Waals surface area contributed by atoms with Crippen LogP contribution >= 0.6 is 0 Å². The number of carbonyl (C=O) groups excluding carboxylic acids is 2. The van der Waals surface area contributed by atoms with E-state index < -0.39 is 23.6 Å². The number of halogens is 2. The molecule has 0 unspecified atom stereocenters. The first-order chi connectivity index (χ1) is 11.4. The average molecular weight is 330 g/mol. The van der Waals surface area contributed by atoms with Gasteiger partial charge in [0.2, 0.25) is 0 Å². The number of benzene rings is 2. The largest absolute Gasteiger partial charge is 0.423 e. The Morgan fingerprint density at radius 1 is 0.875 bits per heavy atom. The molecule has 0 aliphatic carbocycles. The van der Waals surface area contributed by atoms with Crippen LogP contribution in [-0.4, -0.2) is 11.9 Å². The highest BCUT2D eigenvalue weighted by Gasteiger charge is 2.11. The summed E-state index contributed by atoms with van der Waals surface area (Å²) in [5.41, 5.74) is 0.587. The van der Waals surface area contributed by atoms with Crippen molar-refractivity contribution in [3.05, 3.63) is 73.3 Å². The smallest absolute Gasteiger partial charge is 0.335 e. The second-order valence-electron chi connectivity index (χ2n) is 4.57. The van der Waals surface area contributed by atoms with Gasteiger partial charge in [-0.25, -0.2) is 18.4 Å². The molecule has 122 valence electrons. The molecule has 2 aromatic carbocycles. The summed E-state index contributed by atoms with van der Waals surface area (Å²) in [6.45, 7) is 6.46. The highest BCUT2D eigenvalue weighted by atomic mass is 19.1. The third-order valence-corrected chi connectivity index (χ3v) is 2.90. The SMILES string of the molecule is C=CC(=O)Oc1cc(F)cc(-c2ccc(OC(=O)C=C)c(F)c2)c1. The number of ether oxygens (including phenoxy) is 2. The van der Waals surface area contributed by atoms with Gasteiger partial charge in [0, 0.05) is 18.2 Å². The van der Waals surface area contributed by atoms with Crippen molar-refractivity contribution in [3.8, 4) is 22.6 Å². The maximum atomic E-state index is 14.0. The highest BCUT2D eigenvalue weighted by molar-refractivity contribution is 5.84. The zero-order valence-corrected chi connectivity index (χ0v) is 12.4. The van der Waals surface area contributed by atoms with Gasteiger partial charge in [0.25, 0.3) is 0 Å². The normalized spacial score (nSPS) is 9.92. The van der Waals surface area contributed by atoms with Crippen LogP contribution in [0.2, 0.25) is 0 Å². The van der Waals surface area contributed by atoms with Gasteiger partial charge in [-0.3, -0.25) is 0 Å². The summed E-state index contributed by atoms with van der Waals surface area (Å²) in [6, 6.07) is 7.26. The number of rotatable bonds is 5. The Labute approximate surface area is 136 Å². The van der Waals surface area contributed by atoms with Crippen LogP contribution in [0.15, 0.2) is 61.7 Å². The Morgan fingerprint density at radius 3 is 2.17 bits per heavy atom. The molecule has 0 N–H and O–H groups in total. The fourth-order valence-electron chi connectivity index (χ4n) is 1.86. The van der Waals surface area contributed by atoms with E-state index in [2.05, 4.69) is 13.2 Å². The predicted molar refractivity (Wildman–Crippen MR) is 83.5 cm³/mol. The zero-order valence-electron chi connectivity index (χ0n) is 12.4. The zero-order chi connectivity index (χ0) is 17.7. The van der Waals surface area contributed by atoms with Gasteiger partial charge in [-0.2, -0.15) is 0 Å². The van der Waals surface area contributed by atoms with Gasteiger partial charge in [-0.15, -0.1) is 0 Å². The molecule has 2 aromatic rings.